The van der Waals surface area contributed by atoms with Gasteiger partial charge in [0.1, 0.15) is 6.61 Å². The van der Waals surface area contributed by atoms with Crippen molar-refractivity contribution in [3.63, 3.8) is 0 Å². The molecule has 0 saturated carbocycles. The van der Waals surface area contributed by atoms with Gasteiger partial charge in [-0.3, -0.25) is 0 Å². The van der Waals surface area contributed by atoms with E-state index in [4.69, 9.17) is 10.5 Å². The van der Waals surface area contributed by atoms with Crippen molar-refractivity contribution in [2.24, 2.45) is 0 Å². The lowest BCUT2D eigenvalue weighted by Gasteiger charge is -2.25. The number of hydrogen-bond acceptors (Lipinski definition) is 3. The summed E-state index contributed by atoms with van der Waals surface area (Å²) in [7, 11) is 0. The van der Waals surface area contributed by atoms with E-state index < -0.39 is 0 Å². The number of nitrogen functional groups attached to an aromatic ring is 1. The Bertz CT molecular complexity index is 643. The Balaban J connectivity index is 1.68. The van der Waals surface area contributed by atoms with Crippen molar-refractivity contribution in [3.05, 3.63) is 65.7 Å². The molecule has 1 amide bonds. The van der Waals surface area contributed by atoms with Gasteiger partial charge in [-0.2, -0.15) is 0 Å². The van der Waals surface area contributed by atoms with Crippen molar-refractivity contribution in [3.8, 4) is 0 Å². The Morgan fingerprint density at radius 3 is 2.64 bits per heavy atom. The largest absolute Gasteiger partial charge is 0.445 e. The van der Waals surface area contributed by atoms with Gasteiger partial charge in [-0.15, -0.1) is 0 Å². The van der Waals surface area contributed by atoms with Gasteiger partial charge in [0.2, 0.25) is 0 Å². The van der Waals surface area contributed by atoms with Gasteiger partial charge in [-0.1, -0.05) is 48.5 Å². The highest BCUT2D eigenvalue weighted by atomic mass is 16.6. The van der Waals surface area contributed by atoms with Crippen LogP contribution in [0.1, 0.15) is 30.0 Å². The Morgan fingerprint density at radius 1 is 1.14 bits per heavy atom. The molecule has 1 aliphatic rings. The standard InChI is InChI=1S/C18H20N2O2/c19-16-10-5-4-9-15(16)17-11-6-12-20(17)18(21)22-13-14-7-2-1-3-8-14/h1-5,7-10,17H,6,11-13,19H2/t17-/m0/s1. The molecule has 0 bridgehead atoms. The van der Waals surface area contributed by atoms with Gasteiger partial charge < -0.3 is 15.4 Å². The molecule has 1 aliphatic heterocycles. The zero-order chi connectivity index (χ0) is 15.4. The van der Waals surface area contributed by atoms with Crippen molar-refractivity contribution in [1.82, 2.24) is 4.90 Å². The minimum Gasteiger partial charge on any atom is -0.445 e. The van der Waals surface area contributed by atoms with Gasteiger partial charge in [0, 0.05) is 12.2 Å². The van der Waals surface area contributed by atoms with Crippen LogP contribution in [-0.4, -0.2) is 17.5 Å². The number of likely N-dealkylation sites (tertiary alicyclic amines) is 1. The van der Waals surface area contributed by atoms with Gasteiger partial charge in [0.05, 0.1) is 6.04 Å². The topological polar surface area (TPSA) is 55.6 Å². The first kappa shape index (κ1) is 14.4. The van der Waals surface area contributed by atoms with E-state index >= 15 is 0 Å². The smallest absolute Gasteiger partial charge is 0.410 e. The molecule has 0 aromatic heterocycles. The Kier molecular flexibility index (Phi) is 4.28. The Hall–Kier alpha value is -2.49. The first-order valence-electron chi connectivity index (χ1n) is 7.57. The van der Waals surface area contributed by atoms with E-state index in [-0.39, 0.29) is 12.1 Å². The number of rotatable bonds is 3. The number of hydrogen-bond donors (Lipinski definition) is 1. The maximum atomic E-state index is 12.4. The summed E-state index contributed by atoms with van der Waals surface area (Å²) in [6.07, 6.45) is 1.63. The molecule has 1 saturated heterocycles. The molecule has 0 aliphatic carbocycles. The number of nitrogens with zero attached hydrogens (tertiary/aromatic N) is 1. The van der Waals surface area contributed by atoms with Crippen molar-refractivity contribution in [2.45, 2.75) is 25.5 Å². The fraction of sp³-hybridized carbons (Fsp3) is 0.278. The second-order valence-corrected chi connectivity index (χ2v) is 5.52. The third-order valence-corrected chi connectivity index (χ3v) is 4.05. The van der Waals surface area contributed by atoms with Crippen LogP contribution in [0.5, 0.6) is 0 Å². The maximum absolute atomic E-state index is 12.4. The van der Waals surface area contributed by atoms with E-state index in [1.165, 1.54) is 0 Å². The minimum absolute atomic E-state index is 0.0180. The predicted octanol–water partition coefficient (Wildman–Crippen LogP) is 3.74. The van der Waals surface area contributed by atoms with Crippen LogP contribution >= 0.6 is 0 Å². The van der Waals surface area contributed by atoms with E-state index in [0.717, 1.165) is 29.7 Å². The van der Waals surface area contributed by atoms with Crippen LogP contribution in [-0.2, 0) is 11.3 Å². The van der Waals surface area contributed by atoms with Crippen LogP contribution in [0.25, 0.3) is 0 Å². The fourth-order valence-electron chi connectivity index (χ4n) is 2.93. The lowest BCUT2D eigenvalue weighted by molar-refractivity contribution is 0.0922. The molecule has 2 aromatic carbocycles. The van der Waals surface area contributed by atoms with Crippen LogP contribution in [0.15, 0.2) is 54.6 Å². The maximum Gasteiger partial charge on any atom is 0.410 e. The molecule has 2 aromatic rings. The molecular formula is C18H20N2O2. The monoisotopic (exact) mass is 296 g/mol. The Morgan fingerprint density at radius 2 is 1.86 bits per heavy atom. The first-order chi connectivity index (χ1) is 10.8. The zero-order valence-electron chi connectivity index (χ0n) is 12.4. The summed E-state index contributed by atoms with van der Waals surface area (Å²) in [5, 5.41) is 0. The highest BCUT2D eigenvalue weighted by Crippen LogP contribution is 2.35. The first-order valence-corrected chi connectivity index (χ1v) is 7.57. The highest BCUT2D eigenvalue weighted by molar-refractivity contribution is 5.69. The Labute approximate surface area is 130 Å². The summed E-state index contributed by atoms with van der Waals surface area (Å²) >= 11 is 0. The lowest BCUT2D eigenvalue weighted by atomic mass is 10.0. The summed E-state index contributed by atoms with van der Waals surface area (Å²) in [6.45, 7) is 1.01. The molecule has 114 valence electrons. The van der Waals surface area contributed by atoms with Gasteiger partial charge in [0.25, 0.3) is 0 Å². The molecule has 0 unspecified atom stereocenters. The van der Waals surface area contributed by atoms with Gasteiger partial charge in [-0.05, 0) is 30.0 Å². The second kappa shape index (κ2) is 6.52. The number of nitrogens with two attached hydrogens (primary N) is 1. The third-order valence-electron chi connectivity index (χ3n) is 4.05. The van der Waals surface area contributed by atoms with Crippen LogP contribution in [0.2, 0.25) is 0 Å². The number of benzene rings is 2. The molecule has 4 heteroatoms. The number of carbonyl (C=O) groups is 1. The molecule has 3 rings (SSSR count). The minimum atomic E-state index is -0.269. The zero-order valence-corrected chi connectivity index (χ0v) is 12.4. The molecule has 22 heavy (non-hydrogen) atoms. The molecule has 2 N–H and O–H groups in total. The SMILES string of the molecule is Nc1ccccc1[C@@H]1CCCN1C(=O)OCc1ccccc1. The number of para-hydroxylation sites is 1. The quantitative estimate of drug-likeness (QED) is 0.878. The van der Waals surface area contributed by atoms with Gasteiger partial charge in [-0.25, -0.2) is 4.79 Å². The molecular weight excluding hydrogens is 276 g/mol. The average molecular weight is 296 g/mol. The average Bonchev–Trinajstić information content (AvgIpc) is 3.03. The summed E-state index contributed by atoms with van der Waals surface area (Å²) in [6, 6.07) is 17.5. The van der Waals surface area contributed by atoms with E-state index in [1.807, 2.05) is 54.6 Å². The van der Waals surface area contributed by atoms with Crippen molar-refractivity contribution in [2.75, 3.05) is 12.3 Å². The summed E-state index contributed by atoms with van der Waals surface area (Å²) in [5.41, 5.74) is 8.78. The molecule has 1 heterocycles. The number of anilines is 1. The van der Waals surface area contributed by atoms with E-state index in [2.05, 4.69) is 0 Å². The van der Waals surface area contributed by atoms with E-state index in [9.17, 15) is 4.79 Å². The van der Waals surface area contributed by atoms with Gasteiger partial charge in [0.15, 0.2) is 0 Å². The van der Waals surface area contributed by atoms with Crippen molar-refractivity contribution in [1.29, 1.82) is 0 Å². The molecule has 1 atom stereocenters. The fourth-order valence-corrected chi connectivity index (χ4v) is 2.93. The second-order valence-electron chi connectivity index (χ2n) is 5.52. The van der Waals surface area contributed by atoms with Crippen LogP contribution in [0.3, 0.4) is 0 Å². The molecule has 0 radical (unpaired) electrons. The summed E-state index contributed by atoms with van der Waals surface area (Å²) in [5.74, 6) is 0. The van der Waals surface area contributed by atoms with Crippen LogP contribution in [0.4, 0.5) is 10.5 Å². The van der Waals surface area contributed by atoms with Crippen molar-refractivity contribution < 1.29 is 9.53 Å². The number of carbonyl (C=O) groups excluding carboxylic acids is 1. The normalized spacial score (nSPS) is 17.5. The lowest BCUT2D eigenvalue weighted by Crippen LogP contribution is -2.31. The third kappa shape index (κ3) is 3.06. The molecule has 0 spiro atoms. The highest BCUT2D eigenvalue weighted by Gasteiger charge is 2.32. The molecule has 4 nitrogen and oxygen atoms in total. The van der Waals surface area contributed by atoms with Crippen molar-refractivity contribution >= 4 is 11.8 Å². The van der Waals surface area contributed by atoms with Gasteiger partial charge >= 0.3 is 6.09 Å². The van der Waals surface area contributed by atoms with E-state index in [1.54, 1.807) is 4.90 Å². The molecule has 1 fully saturated rings. The van der Waals surface area contributed by atoms with E-state index in [0.29, 0.717) is 13.2 Å². The van der Waals surface area contributed by atoms with Crippen LogP contribution < -0.4 is 5.73 Å². The summed E-state index contributed by atoms with van der Waals surface area (Å²) < 4.78 is 5.45. The summed E-state index contributed by atoms with van der Waals surface area (Å²) in [4.78, 5) is 14.2. The number of ether oxygens (including phenoxy) is 1. The van der Waals surface area contributed by atoms with Crippen LogP contribution in [0, 0.1) is 0 Å². The number of amides is 1. The predicted molar refractivity (Wildman–Crippen MR) is 86.2 cm³/mol.